The summed E-state index contributed by atoms with van der Waals surface area (Å²) in [6.45, 7) is 3.41. The number of likely N-dealkylation sites (N-methyl/N-ethyl adjacent to an activating group) is 1. The molecule has 0 aliphatic heterocycles. The molecule has 9 heteroatoms. The fourth-order valence-electron chi connectivity index (χ4n) is 3.35. The molecule has 0 aromatic heterocycles. The summed E-state index contributed by atoms with van der Waals surface area (Å²) in [6, 6.07) is 14.5. The Kier molecular flexibility index (Phi) is 12.3. The van der Waals surface area contributed by atoms with Crippen molar-refractivity contribution in [1.29, 1.82) is 0 Å². The Labute approximate surface area is 211 Å². The maximum atomic E-state index is 13.4. The number of thioether (sulfide) groups is 1. The molecule has 0 heterocycles. The summed E-state index contributed by atoms with van der Waals surface area (Å²) >= 11 is 1.16. The van der Waals surface area contributed by atoms with Crippen LogP contribution in [-0.4, -0.2) is 78.9 Å². The first-order valence-corrected chi connectivity index (χ1v) is 12.6. The minimum Gasteiger partial charge on any atom is -0.353 e. The second-order valence-corrected chi connectivity index (χ2v) is 9.76. The molecule has 1 atom stereocenters. The molecule has 0 saturated heterocycles. The van der Waals surface area contributed by atoms with E-state index in [4.69, 9.17) is 0 Å². The summed E-state index contributed by atoms with van der Waals surface area (Å²) in [6.07, 6.45) is 0.880. The highest BCUT2D eigenvalue weighted by atomic mass is 32.2. The lowest BCUT2D eigenvalue weighted by molar-refractivity contribution is -0.123. The molecule has 35 heavy (non-hydrogen) atoms. The first kappa shape index (κ1) is 28.3. The third-order valence-corrected chi connectivity index (χ3v) is 6.09. The van der Waals surface area contributed by atoms with Gasteiger partial charge in [0.1, 0.15) is 11.9 Å². The van der Waals surface area contributed by atoms with Gasteiger partial charge >= 0.3 is 6.03 Å². The molecule has 7 nitrogen and oxygen atoms in total. The van der Waals surface area contributed by atoms with Crippen molar-refractivity contribution in [3.63, 3.8) is 0 Å². The van der Waals surface area contributed by atoms with Crippen LogP contribution in [0.1, 0.15) is 18.1 Å². The number of benzene rings is 2. The standard InChI is InChI=1S/C26H35FN4O3S/c1-20(32)35-18-17-31(15-13-21-7-5-4-6-8-21)26(34)29-24(25(33)28-14-16-30(2)3)19-22-9-11-23(27)12-10-22/h4-12,24H,13-19H2,1-3H3,(H,28,33)(H,29,34)/t24-/m0/s1. The van der Waals surface area contributed by atoms with Crippen molar-refractivity contribution in [2.45, 2.75) is 25.8 Å². The highest BCUT2D eigenvalue weighted by Gasteiger charge is 2.24. The minimum absolute atomic E-state index is 0.0112. The van der Waals surface area contributed by atoms with E-state index < -0.39 is 6.04 Å². The van der Waals surface area contributed by atoms with Gasteiger partial charge in [-0.05, 0) is 43.8 Å². The zero-order valence-electron chi connectivity index (χ0n) is 20.6. The number of hydrogen-bond donors (Lipinski definition) is 2. The Morgan fingerprint density at radius 3 is 2.26 bits per heavy atom. The second-order valence-electron chi connectivity index (χ2n) is 8.49. The van der Waals surface area contributed by atoms with E-state index in [1.165, 1.54) is 19.1 Å². The van der Waals surface area contributed by atoms with Crippen molar-refractivity contribution in [3.8, 4) is 0 Å². The molecule has 3 amide bonds. The van der Waals surface area contributed by atoms with E-state index in [1.807, 2.05) is 49.3 Å². The number of carbonyl (C=O) groups excluding carboxylic acids is 3. The van der Waals surface area contributed by atoms with Gasteiger partial charge in [0.25, 0.3) is 0 Å². The van der Waals surface area contributed by atoms with Gasteiger partial charge in [0.15, 0.2) is 5.12 Å². The van der Waals surface area contributed by atoms with Gasteiger partial charge in [0.2, 0.25) is 5.91 Å². The SMILES string of the molecule is CC(=O)SCCN(CCc1ccccc1)C(=O)N[C@@H](Cc1ccc(F)cc1)C(=O)NCCN(C)C. The van der Waals surface area contributed by atoms with Crippen LogP contribution in [0.25, 0.3) is 0 Å². The normalized spacial score (nSPS) is 11.7. The van der Waals surface area contributed by atoms with E-state index in [2.05, 4.69) is 10.6 Å². The van der Waals surface area contributed by atoms with Crippen LogP contribution in [0, 0.1) is 5.82 Å². The molecule has 2 aromatic rings. The monoisotopic (exact) mass is 502 g/mol. The Morgan fingerprint density at radius 2 is 1.63 bits per heavy atom. The molecule has 0 unspecified atom stereocenters. The van der Waals surface area contributed by atoms with Crippen molar-refractivity contribution in [1.82, 2.24) is 20.4 Å². The van der Waals surface area contributed by atoms with Crippen molar-refractivity contribution in [2.75, 3.05) is 46.0 Å². The summed E-state index contributed by atoms with van der Waals surface area (Å²) in [5.74, 6) is -0.194. The van der Waals surface area contributed by atoms with Gasteiger partial charge in [-0.25, -0.2) is 9.18 Å². The number of urea groups is 1. The molecule has 2 rings (SSSR count). The molecule has 0 aliphatic carbocycles. The lowest BCUT2D eigenvalue weighted by Crippen LogP contribution is -2.53. The van der Waals surface area contributed by atoms with Gasteiger partial charge in [-0.2, -0.15) is 0 Å². The van der Waals surface area contributed by atoms with Crippen LogP contribution in [0.5, 0.6) is 0 Å². The molecule has 0 bridgehead atoms. The number of carbonyl (C=O) groups is 3. The quantitative estimate of drug-likeness (QED) is 0.440. The molecule has 0 fully saturated rings. The van der Waals surface area contributed by atoms with Crippen molar-refractivity contribution < 1.29 is 18.8 Å². The average molecular weight is 503 g/mol. The number of halogens is 1. The number of nitrogens with one attached hydrogen (secondary N) is 2. The van der Waals surface area contributed by atoms with Crippen LogP contribution in [0.2, 0.25) is 0 Å². The molecule has 190 valence electrons. The molecule has 0 saturated carbocycles. The van der Waals surface area contributed by atoms with E-state index >= 15 is 0 Å². The van der Waals surface area contributed by atoms with Crippen molar-refractivity contribution in [3.05, 3.63) is 71.5 Å². The maximum absolute atomic E-state index is 13.4. The second kappa shape index (κ2) is 15.2. The Bertz CT molecular complexity index is 941. The smallest absolute Gasteiger partial charge is 0.318 e. The van der Waals surface area contributed by atoms with Gasteiger partial charge in [-0.15, -0.1) is 0 Å². The van der Waals surface area contributed by atoms with E-state index in [9.17, 15) is 18.8 Å². The average Bonchev–Trinajstić information content (AvgIpc) is 2.82. The highest BCUT2D eigenvalue weighted by Crippen LogP contribution is 2.09. The predicted molar refractivity (Wildman–Crippen MR) is 139 cm³/mol. The summed E-state index contributed by atoms with van der Waals surface area (Å²) in [5.41, 5.74) is 1.83. The molecule has 2 N–H and O–H groups in total. The van der Waals surface area contributed by atoms with E-state index in [-0.39, 0.29) is 29.3 Å². The van der Waals surface area contributed by atoms with E-state index in [0.29, 0.717) is 38.4 Å². The number of amides is 3. The van der Waals surface area contributed by atoms with E-state index in [0.717, 1.165) is 22.9 Å². The third kappa shape index (κ3) is 11.4. The third-order valence-electron chi connectivity index (χ3n) is 5.29. The predicted octanol–water partition coefficient (Wildman–Crippen LogP) is 2.95. The zero-order valence-corrected chi connectivity index (χ0v) is 21.4. The highest BCUT2D eigenvalue weighted by molar-refractivity contribution is 8.13. The Morgan fingerprint density at radius 1 is 0.943 bits per heavy atom. The topological polar surface area (TPSA) is 81.8 Å². The minimum atomic E-state index is -0.824. The number of hydrogen-bond acceptors (Lipinski definition) is 5. The first-order valence-electron chi connectivity index (χ1n) is 11.6. The molecule has 0 spiro atoms. The number of nitrogens with zero attached hydrogens (tertiary/aromatic N) is 2. The van der Waals surface area contributed by atoms with Crippen molar-refractivity contribution >= 4 is 28.8 Å². The fraction of sp³-hybridized carbons (Fsp3) is 0.423. The fourth-order valence-corrected chi connectivity index (χ4v) is 3.95. The van der Waals surface area contributed by atoms with Crippen LogP contribution in [0.15, 0.2) is 54.6 Å². The first-order chi connectivity index (χ1) is 16.7. The zero-order chi connectivity index (χ0) is 25.6. The Balaban J connectivity index is 2.11. The van der Waals surface area contributed by atoms with Gasteiger partial charge in [0.05, 0.1) is 0 Å². The van der Waals surface area contributed by atoms with Crippen molar-refractivity contribution in [2.24, 2.45) is 0 Å². The lowest BCUT2D eigenvalue weighted by atomic mass is 10.1. The summed E-state index contributed by atoms with van der Waals surface area (Å²) < 4.78 is 13.4. The van der Waals surface area contributed by atoms with Crippen LogP contribution in [0.3, 0.4) is 0 Å². The van der Waals surface area contributed by atoms with Crippen LogP contribution < -0.4 is 10.6 Å². The molecular weight excluding hydrogens is 467 g/mol. The van der Waals surface area contributed by atoms with Gasteiger partial charge in [0, 0.05) is 45.3 Å². The molecule has 2 aromatic carbocycles. The van der Waals surface area contributed by atoms with E-state index in [1.54, 1.807) is 17.0 Å². The summed E-state index contributed by atoms with van der Waals surface area (Å²) in [7, 11) is 3.82. The largest absolute Gasteiger partial charge is 0.353 e. The van der Waals surface area contributed by atoms with Crippen LogP contribution >= 0.6 is 11.8 Å². The molecule has 0 aliphatic rings. The Hall–Kier alpha value is -2.91. The molecule has 0 radical (unpaired) electrons. The van der Waals surface area contributed by atoms with Gasteiger partial charge in [-0.3, -0.25) is 9.59 Å². The summed E-state index contributed by atoms with van der Waals surface area (Å²) in [4.78, 5) is 41.2. The van der Waals surface area contributed by atoms with Crippen LogP contribution in [0.4, 0.5) is 9.18 Å². The van der Waals surface area contributed by atoms with Gasteiger partial charge in [-0.1, -0.05) is 54.2 Å². The lowest BCUT2D eigenvalue weighted by Gasteiger charge is -2.26. The summed E-state index contributed by atoms with van der Waals surface area (Å²) in [5, 5.41) is 5.72. The van der Waals surface area contributed by atoms with Crippen LogP contribution in [-0.2, 0) is 22.4 Å². The molecular formula is C26H35FN4O3S. The maximum Gasteiger partial charge on any atom is 0.318 e. The van der Waals surface area contributed by atoms with Gasteiger partial charge < -0.3 is 20.4 Å². The number of rotatable bonds is 13.